The van der Waals surface area contributed by atoms with Crippen LogP contribution in [0.4, 0.5) is 0 Å². The van der Waals surface area contributed by atoms with Crippen molar-refractivity contribution < 1.29 is 18.0 Å². The summed E-state index contributed by atoms with van der Waals surface area (Å²) in [5, 5.41) is 0. The van der Waals surface area contributed by atoms with Crippen LogP contribution in [0, 0.1) is 0 Å². The predicted molar refractivity (Wildman–Crippen MR) is 82.9 cm³/mol. The summed E-state index contributed by atoms with van der Waals surface area (Å²) in [6.07, 6.45) is 6.49. The molecule has 1 aliphatic heterocycles. The van der Waals surface area contributed by atoms with Gasteiger partial charge in [-0.1, -0.05) is 26.2 Å². The minimum Gasteiger partial charge on any atom is -0.374 e. The standard InChI is InChI=1S/C15H32O4Si/c1-5-12-20(17-6-2,18-7-3)19-14(4)10-8-9-11-15-13-16-15/h14-15H,5-13H2,1-4H3. The Balaban J connectivity index is 2.31. The normalized spacial score (nSPS) is 20.1. The molecule has 5 heteroatoms. The molecule has 120 valence electrons. The van der Waals surface area contributed by atoms with E-state index in [-0.39, 0.29) is 6.10 Å². The average molecular weight is 305 g/mol. The van der Waals surface area contributed by atoms with E-state index in [9.17, 15) is 0 Å². The Morgan fingerprint density at radius 3 is 2.30 bits per heavy atom. The molecule has 1 fully saturated rings. The smallest absolute Gasteiger partial charge is 0.374 e. The lowest BCUT2D eigenvalue weighted by atomic mass is 10.1. The molecule has 2 unspecified atom stereocenters. The predicted octanol–water partition coefficient (Wildman–Crippen LogP) is 3.77. The Morgan fingerprint density at radius 1 is 1.15 bits per heavy atom. The molecule has 20 heavy (non-hydrogen) atoms. The monoisotopic (exact) mass is 304 g/mol. The van der Waals surface area contributed by atoms with Crippen molar-refractivity contribution in [2.24, 2.45) is 0 Å². The summed E-state index contributed by atoms with van der Waals surface area (Å²) in [5.41, 5.74) is 0. The Bertz CT molecular complexity index is 229. The fourth-order valence-electron chi connectivity index (χ4n) is 2.46. The second-order valence-electron chi connectivity index (χ2n) is 5.47. The highest BCUT2D eigenvalue weighted by Gasteiger charge is 2.41. The van der Waals surface area contributed by atoms with Gasteiger partial charge in [0.15, 0.2) is 0 Å². The van der Waals surface area contributed by atoms with E-state index in [1.54, 1.807) is 0 Å². The molecule has 4 nitrogen and oxygen atoms in total. The quantitative estimate of drug-likeness (QED) is 0.295. The first kappa shape index (κ1) is 18.1. The van der Waals surface area contributed by atoms with Gasteiger partial charge in [0.2, 0.25) is 0 Å². The van der Waals surface area contributed by atoms with Gasteiger partial charge in [-0.15, -0.1) is 0 Å². The van der Waals surface area contributed by atoms with Crippen molar-refractivity contribution in [1.29, 1.82) is 0 Å². The zero-order valence-electron chi connectivity index (χ0n) is 13.7. The lowest BCUT2D eigenvalue weighted by Crippen LogP contribution is -2.48. The van der Waals surface area contributed by atoms with Crippen LogP contribution < -0.4 is 0 Å². The molecule has 1 saturated heterocycles. The van der Waals surface area contributed by atoms with Gasteiger partial charge in [-0.05, 0) is 33.6 Å². The van der Waals surface area contributed by atoms with Crippen molar-refractivity contribution in [2.45, 2.75) is 78.1 Å². The van der Waals surface area contributed by atoms with E-state index in [1.807, 2.05) is 13.8 Å². The molecular weight excluding hydrogens is 272 g/mol. The van der Waals surface area contributed by atoms with Gasteiger partial charge in [-0.3, -0.25) is 0 Å². The lowest BCUT2D eigenvalue weighted by Gasteiger charge is -2.31. The zero-order valence-corrected chi connectivity index (χ0v) is 14.7. The molecule has 0 spiro atoms. The minimum absolute atomic E-state index is 0.214. The van der Waals surface area contributed by atoms with Gasteiger partial charge >= 0.3 is 8.80 Å². The van der Waals surface area contributed by atoms with E-state index in [1.165, 1.54) is 19.3 Å². The van der Waals surface area contributed by atoms with Gasteiger partial charge < -0.3 is 18.0 Å². The molecule has 0 aromatic carbocycles. The summed E-state index contributed by atoms with van der Waals surface area (Å²) in [4.78, 5) is 0. The van der Waals surface area contributed by atoms with E-state index in [0.717, 1.165) is 25.5 Å². The van der Waals surface area contributed by atoms with Gasteiger partial charge in [0, 0.05) is 25.4 Å². The number of unbranched alkanes of at least 4 members (excludes halogenated alkanes) is 1. The lowest BCUT2D eigenvalue weighted by molar-refractivity contribution is 0.0346. The number of epoxide rings is 1. The maximum absolute atomic E-state index is 6.25. The molecule has 2 atom stereocenters. The molecule has 1 aliphatic rings. The molecule has 1 rings (SSSR count). The van der Waals surface area contributed by atoms with E-state index < -0.39 is 8.80 Å². The van der Waals surface area contributed by atoms with Crippen molar-refractivity contribution >= 4 is 8.80 Å². The van der Waals surface area contributed by atoms with Gasteiger partial charge in [0.25, 0.3) is 0 Å². The minimum atomic E-state index is -2.45. The first-order valence-corrected chi connectivity index (χ1v) is 10.2. The highest BCUT2D eigenvalue weighted by molar-refractivity contribution is 6.60. The highest BCUT2D eigenvalue weighted by Crippen LogP contribution is 2.23. The maximum atomic E-state index is 6.25. The number of ether oxygens (including phenoxy) is 1. The molecular formula is C15H32O4Si. The van der Waals surface area contributed by atoms with Crippen molar-refractivity contribution in [3.05, 3.63) is 0 Å². The fourth-order valence-corrected chi connectivity index (χ4v) is 5.31. The third kappa shape index (κ3) is 7.18. The summed E-state index contributed by atoms with van der Waals surface area (Å²) >= 11 is 0. The zero-order chi connectivity index (χ0) is 14.8. The van der Waals surface area contributed by atoms with Crippen LogP contribution >= 0.6 is 0 Å². The Labute approximate surface area is 125 Å². The van der Waals surface area contributed by atoms with E-state index in [0.29, 0.717) is 19.3 Å². The van der Waals surface area contributed by atoms with Crippen molar-refractivity contribution in [3.8, 4) is 0 Å². The van der Waals surface area contributed by atoms with Crippen LogP contribution in [0.25, 0.3) is 0 Å². The van der Waals surface area contributed by atoms with Crippen LogP contribution in [0.5, 0.6) is 0 Å². The Hall–Kier alpha value is 0.0569. The average Bonchev–Trinajstić information content (AvgIpc) is 3.19. The Kier molecular flexibility index (Phi) is 8.96. The first-order chi connectivity index (χ1) is 9.65. The molecule has 0 aromatic heterocycles. The second-order valence-corrected chi connectivity index (χ2v) is 8.15. The van der Waals surface area contributed by atoms with Crippen molar-refractivity contribution in [3.63, 3.8) is 0 Å². The van der Waals surface area contributed by atoms with Gasteiger partial charge in [0.1, 0.15) is 0 Å². The molecule has 0 radical (unpaired) electrons. The summed E-state index contributed by atoms with van der Waals surface area (Å²) < 4.78 is 23.3. The Morgan fingerprint density at radius 2 is 1.80 bits per heavy atom. The van der Waals surface area contributed by atoms with E-state index in [4.69, 9.17) is 18.0 Å². The van der Waals surface area contributed by atoms with E-state index >= 15 is 0 Å². The molecule has 0 aromatic rings. The highest BCUT2D eigenvalue weighted by atomic mass is 28.4. The molecule has 0 bridgehead atoms. The van der Waals surface area contributed by atoms with Crippen LogP contribution in [0.2, 0.25) is 6.04 Å². The van der Waals surface area contributed by atoms with Crippen LogP contribution in [0.1, 0.15) is 59.8 Å². The van der Waals surface area contributed by atoms with Crippen LogP contribution in [0.3, 0.4) is 0 Å². The molecule has 1 heterocycles. The second kappa shape index (κ2) is 9.90. The summed E-state index contributed by atoms with van der Waals surface area (Å²) in [6.45, 7) is 10.6. The molecule has 0 aliphatic carbocycles. The molecule has 0 saturated carbocycles. The maximum Gasteiger partial charge on any atom is 0.501 e. The number of hydrogen-bond acceptors (Lipinski definition) is 4. The van der Waals surface area contributed by atoms with Crippen molar-refractivity contribution in [2.75, 3.05) is 19.8 Å². The van der Waals surface area contributed by atoms with Gasteiger partial charge in [0.05, 0.1) is 12.7 Å². The molecule has 0 amide bonds. The third-order valence-electron chi connectivity index (χ3n) is 3.45. The summed E-state index contributed by atoms with van der Waals surface area (Å²) in [5.74, 6) is 0. The third-order valence-corrected chi connectivity index (χ3v) is 6.79. The van der Waals surface area contributed by atoms with Crippen LogP contribution in [-0.2, 0) is 18.0 Å². The first-order valence-electron chi connectivity index (χ1n) is 8.23. The topological polar surface area (TPSA) is 40.2 Å². The summed E-state index contributed by atoms with van der Waals surface area (Å²) in [6, 6.07) is 0.912. The number of rotatable bonds is 13. The fraction of sp³-hybridized carbons (Fsp3) is 1.00. The van der Waals surface area contributed by atoms with Gasteiger partial charge in [-0.2, -0.15) is 0 Å². The van der Waals surface area contributed by atoms with Gasteiger partial charge in [-0.25, -0.2) is 0 Å². The largest absolute Gasteiger partial charge is 0.501 e. The SMILES string of the molecule is CCC[Si](OCC)(OCC)OC(C)CCCCC1CO1. The van der Waals surface area contributed by atoms with Crippen molar-refractivity contribution in [1.82, 2.24) is 0 Å². The van der Waals surface area contributed by atoms with E-state index in [2.05, 4.69) is 13.8 Å². The molecule has 0 N–H and O–H groups in total. The summed E-state index contributed by atoms with van der Waals surface area (Å²) in [7, 11) is -2.45. The number of hydrogen-bond donors (Lipinski definition) is 0. The van der Waals surface area contributed by atoms with Crippen LogP contribution in [0.15, 0.2) is 0 Å². The van der Waals surface area contributed by atoms with Crippen LogP contribution in [-0.4, -0.2) is 40.8 Å².